The van der Waals surface area contributed by atoms with Crippen LogP contribution in [-0.2, 0) is 0 Å². The largest absolute Gasteiger partial charge is 0.476 e. The lowest BCUT2D eigenvalue weighted by Gasteiger charge is -2.14. The van der Waals surface area contributed by atoms with Gasteiger partial charge in [0.2, 0.25) is 0 Å². The van der Waals surface area contributed by atoms with Crippen LogP contribution in [0.15, 0.2) is 6.20 Å². The van der Waals surface area contributed by atoms with Gasteiger partial charge in [0.1, 0.15) is 0 Å². The summed E-state index contributed by atoms with van der Waals surface area (Å²) in [5.41, 5.74) is 3.20. The van der Waals surface area contributed by atoms with E-state index in [9.17, 15) is 4.79 Å². The zero-order valence-corrected chi connectivity index (χ0v) is 9.86. The quantitative estimate of drug-likeness (QED) is 0.837. The molecule has 0 aromatic carbocycles. The van der Waals surface area contributed by atoms with E-state index < -0.39 is 5.97 Å². The van der Waals surface area contributed by atoms with Gasteiger partial charge in [0.25, 0.3) is 0 Å². The zero-order chi connectivity index (χ0) is 12.0. The van der Waals surface area contributed by atoms with Crippen molar-refractivity contribution in [3.8, 4) is 0 Å². The fourth-order valence-electron chi connectivity index (χ4n) is 2.19. The predicted molar refractivity (Wildman–Crippen MR) is 64.6 cm³/mol. The minimum Gasteiger partial charge on any atom is -0.476 e. The van der Waals surface area contributed by atoms with Gasteiger partial charge in [-0.2, -0.15) is 0 Å². The number of nitrogens with one attached hydrogen (secondary N) is 1. The Balaban J connectivity index is 2.03. The summed E-state index contributed by atoms with van der Waals surface area (Å²) >= 11 is 0. The minimum atomic E-state index is -0.946. The molecule has 2 aliphatic carbocycles. The maximum absolute atomic E-state index is 11.2. The molecule has 2 saturated carbocycles. The number of rotatable bonds is 4. The average Bonchev–Trinajstić information content (AvgIpc) is 3.13. The van der Waals surface area contributed by atoms with Crippen LogP contribution in [0, 0.1) is 6.92 Å². The van der Waals surface area contributed by atoms with Crippen LogP contribution in [0.1, 0.15) is 53.2 Å². The minimum absolute atomic E-state index is 0.166. The van der Waals surface area contributed by atoms with E-state index in [1.807, 2.05) is 6.92 Å². The molecule has 1 heterocycles. The number of aromatic carboxylic acids is 1. The molecule has 0 unspecified atom stereocenters. The van der Waals surface area contributed by atoms with E-state index in [0.717, 1.165) is 24.1 Å². The molecule has 0 bridgehead atoms. The van der Waals surface area contributed by atoms with Crippen LogP contribution in [0.5, 0.6) is 0 Å². The summed E-state index contributed by atoms with van der Waals surface area (Å²) in [6.07, 6.45) is 6.42. The second-order valence-electron chi connectivity index (χ2n) is 5.06. The smallest absolute Gasteiger partial charge is 0.356 e. The summed E-state index contributed by atoms with van der Waals surface area (Å²) in [5.74, 6) is -0.344. The van der Waals surface area contributed by atoms with Gasteiger partial charge in [-0.15, -0.1) is 0 Å². The van der Waals surface area contributed by atoms with Gasteiger partial charge in [-0.3, -0.25) is 0 Å². The maximum atomic E-state index is 11.2. The third-order valence-electron chi connectivity index (χ3n) is 3.52. The van der Waals surface area contributed by atoms with Crippen molar-refractivity contribution in [2.45, 2.75) is 44.6 Å². The van der Waals surface area contributed by atoms with Crippen LogP contribution in [0.3, 0.4) is 0 Å². The van der Waals surface area contributed by atoms with Gasteiger partial charge in [-0.1, -0.05) is 0 Å². The average molecular weight is 232 g/mol. The summed E-state index contributed by atoms with van der Waals surface area (Å²) in [5, 5.41) is 12.5. The first-order chi connectivity index (χ1) is 8.16. The maximum Gasteiger partial charge on any atom is 0.356 e. The third-order valence-corrected chi connectivity index (χ3v) is 3.52. The standard InChI is InChI=1S/C13H16N2O2/c1-7-10(8-2-3-8)6-14-12(13(16)17)11(7)15-9-4-5-9/h6,8-9,15H,2-5H2,1H3,(H,16,17). The van der Waals surface area contributed by atoms with Crippen LogP contribution in [0.25, 0.3) is 0 Å². The summed E-state index contributed by atoms with van der Waals surface area (Å²) < 4.78 is 0. The molecular formula is C13H16N2O2. The molecule has 0 spiro atoms. The number of carboxylic acid groups (broad SMARTS) is 1. The first kappa shape index (κ1) is 10.6. The molecule has 4 heteroatoms. The van der Waals surface area contributed by atoms with Gasteiger partial charge in [-0.25, -0.2) is 9.78 Å². The van der Waals surface area contributed by atoms with Crippen molar-refractivity contribution in [2.75, 3.05) is 5.32 Å². The number of hydrogen-bond acceptors (Lipinski definition) is 3. The SMILES string of the molecule is Cc1c(C2CC2)cnc(C(=O)O)c1NC1CC1. The Morgan fingerprint density at radius 1 is 1.41 bits per heavy atom. The highest BCUT2D eigenvalue weighted by Gasteiger charge is 2.30. The zero-order valence-electron chi connectivity index (χ0n) is 9.86. The van der Waals surface area contributed by atoms with Crippen molar-refractivity contribution >= 4 is 11.7 Å². The van der Waals surface area contributed by atoms with Gasteiger partial charge in [0, 0.05) is 12.2 Å². The monoisotopic (exact) mass is 232 g/mol. The number of nitrogens with zero attached hydrogens (tertiary/aromatic N) is 1. The van der Waals surface area contributed by atoms with E-state index in [1.54, 1.807) is 6.20 Å². The molecule has 2 N–H and O–H groups in total. The van der Waals surface area contributed by atoms with E-state index in [1.165, 1.54) is 18.4 Å². The van der Waals surface area contributed by atoms with Crippen LogP contribution < -0.4 is 5.32 Å². The van der Waals surface area contributed by atoms with Crippen molar-refractivity contribution in [3.05, 3.63) is 23.0 Å². The van der Waals surface area contributed by atoms with Gasteiger partial charge in [0.15, 0.2) is 5.69 Å². The van der Waals surface area contributed by atoms with E-state index in [2.05, 4.69) is 10.3 Å². The van der Waals surface area contributed by atoms with Crippen molar-refractivity contribution in [1.82, 2.24) is 4.98 Å². The Labute approximate surface area is 100 Å². The summed E-state index contributed by atoms with van der Waals surface area (Å²) in [7, 11) is 0. The highest BCUT2D eigenvalue weighted by Crippen LogP contribution is 2.43. The molecule has 0 radical (unpaired) electrons. The van der Waals surface area contributed by atoms with Gasteiger partial charge >= 0.3 is 5.97 Å². The van der Waals surface area contributed by atoms with Crippen LogP contribution in [-0.4, -0.2) is 22.1 Å². The van der Waals surface area contributed by atoms with Gasteiger partial charge in [-0.05, 0) is 49.7 Å². The molecule has 90 valence electrons. The van der Waals surface area contributed by atoms with E-state index in [-0.39, 0.29) is 5.69 Å². The molecule has 0 aliphatic heterocycles. The number of carboxylic acids is 1. The topological polar surface area (TPSA) is 62.2 Å². The second kappa shape index (κ2) is 3.72. The van der Waals surface area contributed by atoms with Crippen molar-refractivity contribution in [3.63, 3.8) is 0 Å². The molecule has 0 saturated heterocycles. The lowest BCUT2D eigenvalue weighted by Crippen LogP contribution is -2.12. The number of anilines is 1. The molecule has 17 heavy (non-hydrogen) atoms. The Hall–Kier alpha value is -1.58. The summed E-state index contributed by atoms with van der Waals surface area (Å²) in [6, 6.07) is 0.447. The molecular weight excluding hydrogens is 216 g/mol. The highest BCUT2D eigenvalue weighted by atomic mass is 16.4. The molecule has 0 amide bonds. The number of pyridine rings is 1. The molecule has 4 nitrogen and oxygen atoms in total. The van der Waals surface area contributed by atoms with Crippen molar-refractivity contribution < 1.29 is 9.90 Å². The molecule has 1 aromatic rings. The molecule has 0 atom stereocenters. The fourth-order valence-corrected chi connectivity index (χ4v) is 2.19. The van der Waals surface area contributed by atoms with Crippen LogP contribution in [0.2, 0.25) is 0 Å². The van der Waals surface area contributed by atoms with Gasteiger partial charge in [0.05, 0.1) is 5.69 Å². The molecule has 2 fully saturated rings. The molecule has 2 aliphatic rings. The summed E-state index contributed by atoms with van der Waals surface area (Å²) in [4.78, 5) is 15.3. The van der Waals surface area contributed by atoms with E-state index in [0.29, 0.717) is 12.0 Å². The Kier molecular flexibility index (Phi) is 2.31. The highest BCUT2D eigenvalue weighted by molar-refractivity contribution is 5.93. The van der Waals surface area contributed by atoms with Crippen LogP contribution in [0.4, 0.5) is 5.69 Å². The fraction of sp³-hybridized carbons (Fsp3) is 0.538. The molecule has 1 aromatic heterocycles. The Morgan fingerprint density at radius 3 is 2.65 bits per heavy atom. The third kappa shape index (κ3) is 1.99. The predicted octanol–water partition coefficient (Wildman–Crippen LogP) is 2.54. The first-order valence-corrected chi connectivity index (χ1v) is 6.16. The van der Waals surface area contributed by atoms with E-state index >= 15 is 0 Å². The number of hydrogen-bond donors (Lipinski definition) is 2. The van der Waals surface area contributed by atoms with Gasteiger partial charge < -0.3 is 10.4 Å². The lowest BCUT2D eigenvalue weighted by molar-refractivity contribution is 0.0691. The Morgan fingerprint density at radius 2 is 2.12 bits per heavy atom. The van der Waals surface area contributed by atoms with Crippen molar-refractivity contribution in [1.29, 1.82) is 0 Å². The Bertz CT molecular complexity index is 477. The second-order valence-corrected chi connectivity index (χ2v) is 5.06. The molecule has 3 rings (SSSR count). The summed E-state index contributed by atoms with van der Waals surface area (Å²) in [6.45, 7) is 2.01. The lowest BCUT2D eigenvalue weighted by atomic mass is 10.0. The number of carbonyl (C=O) groups is 1. The van der Waals surface area contributed by atoms with Crippen LogP contribution >= 0.6 is 0 Å². The number of aromatic nitrogens is 1. The van der Waals surface area contributed by atoms with E-state index in [4.69, 9.17) is 5.11 Å². The van der Waals surface area contributed by atoms with Crippen molar-refractivity contribution in [2.24, 2.45) is 0 Å². The normalized spacial score (nSPS) is 19.1. The first-order valence-electron chi connectivity index (χ1n) is 6.16.